The molecular weight excluding hydrogens is 431 g/mol. The lowest BCUT2D eigenvalue weighted by molar-refractivity contribution is -0.132. The summed E-state index contributed by atoms with van der Waals surface area (Å²) in [6, 6.07) is 17.1. The topological polar surface area (TPSA) is 55.9 Å². The Morgan fingerprint density at radius 2 is 1.56 bits per heavy atom. The van der Waals surface area contributed by atoms with E-state index in [0.717, 1.165) is 52.0 Å². The molecule has 0 unspecified atom stereocenters. The molecule has 180 valence electrons. The van der Waals surface area contributed by atoms with Crippen molar-refractivity contribution in [1.29, 1.82) is 0 Å². The highest BCUT2D eigenvalue weighted by Gasteiger charge is 2.52. The van der Waals surface area contributed by atoms with E-state index in [1.165, 1.54) is 16.5 Å². The second-order valence-corrected chi connectivity index (χ2v) is 9.79. The fraction of sp³-hybridized carbons (Fsp3) is 0.481. The lowest BCUT2D eigenvalue weighted by atomic mass is 9.74. The molecule has 0 atom stereocenters. The van der Waals surface area contributed by atoms with Crippen molar-refractivity contribution in [2.75, 3.05) is 44.2 Å². The largest absolute Gasteiger partial charge is 0.367 e. The number of urea groups is 1. The highest BCUT2D eigenvalue weighted by Crippen LogP contribution is 2.40. The van der Waals surface area contributed by atoms with Gasteiger partial charge in [0.2, 0.25) is 0 Å². The van der Waals surface area contributed by atoms with Crippen LogP contribution >= 0.6 is 0 Å². The van der Waals surface area contributed by atoms with Crippen molar-refractivity contribution in [3.8, 4) is 0 Å². The number of carbonyl (C=O) groups is 2. The molecular formula is C27H33FN4O2. The van der Waals surface area contributed by atoms with Gasteiger partial charge in [-0.15, -0.1) is 0 Å². The summed E-state index contributed by atoms with van der Waals surface area (Å²) < 4.78 is 14.0. The minimum absolute atomic E-state index is 0.0478. The zero-order valence-corrected chi connectivity index (χ0v) is 19.6. The minimum atomic E-state index is -0.715. The summed E-state index contributed by atoms with van der Waals surface area (Å²) in [6.07, 6.45) is 3.98. The quantitative estimate of drug-likeness (QED) is 0.657. The van der Waals surface area contributed by atoms with Crippen LogP contribution in [0.5, 0.6) is 0 Å². The molecule has 3 amide bonds. The first-order valence-corrected chi connectivity index (χ1v) is 12.5. The third-order valence-electron chi connectivity index (χ3n) is 7.78. The van der Waals surface area contributed by atoms with Crippen molar-refractivity contribution in [2.24, 2.45) is 0 Å². The molecule has 0 aromatic heterocycles. The molecule has 0 radical (unpaired) electrons. The summed E-state index contributed by atoms with van der Waals surface area (Å²) in [5, 5.41) is 3.04. The monoisotopic (exact) mass is 464 g/mol. The number of hydrogen-bond donors (Lipinski definition) is 1. The van der Waals surface area contributed by atoms with Crippen molar-refractivity contribution in [3.63, 3.8) is 0 Å². The Hall–Kier alpha value is -2.93. The molecule has 1 N–H and O–H groups in total. The van der Waals surface area contributed by atoms with Gasteiger partial charge >= 0.3 is 6.03 Å². The molecule has 0 bridgehead atoms. The van der Waals surface area contributed by atoms with E-state index in [2.05, 4.69) is 39.4 Å². The zero-order valence-electron chi connectivity index (χ0n) is 19.6. The van der Waals surface area contributed by atoms with E-state index >= 15 is 0 Å². The van der Waals surface area contributed by atoms with Crippen LogP contribution in [-0.2, 0) is 4.79 Å². The maximum Gasteiger partial charge on any atom is 0.325 e. The smallest absolute Gasteiger partial charge is 0.325 e. The third-order valence-corrected chi connectivity index (χ3v) is 7.78. The summed E-state index contributed by atoms with van der Waals surface area (Å²) in [5.74, 6) is 0.225. The molecule has 3 fully saturated rings. The number of anilines is 1. The van der Waals surface area contributed by atoms with E-state index in [9.17, 15) is 14.0 Å². The number of piperazine rings is 1. The number of amides is 3. The Kier molecular flexibility index (Phi) is 6.55. The van der Waals surface area contributed by atoms with Crippen LogP contribution in [0.25, 0.3) is 0 Å². The van der Waals surface area contributed by atoms with E-state index in [-0.39, 0.29) is 17.8 Å². The van der Waals surface area contributed by atoms with Gasteiger partial charge in [-0.2, -0.15) is 0 Å². The number of imide groups is 1. The van der Waals surface area contributed by atoms with Gasteiger partial charge in [-0.05, 0) is 62.3 Å². The number of carbonyl (C=O) groups excluding carboxylic acids is 2. The van der Waals surface area contributed by atoms with Crippen molar-refractivity contribution in [3.05, 3.63) is 66.0 Å². The maximum atomic E-state index is 14.0. The van der Waals surface area contributed by atoms with Crippen LogP contribution in [0.2, 0.25) is 0 Å². The fourth-order valence-electron chi connectivity index (χ4n) is 5.76. The van der Waals surface area contributed by atoms with E-state index in [1.807, 2.05) is 18.2 Å². The molecule has 1 saturated carbocycles. The van der Waals surface area contributed by atoms with Crippen molar-refractivity contribution in [1.82, 2.24) is 15.1 Å². The van der Waals surface area contributed by atoms with Crippen LogP contribution in [0.4, 0.5) is 14.9 Å². The van der Waals surface area contributed by atoms with Gasteiger partial charge in [-0.25, -0.2) is 9.18 Å². The molecule has 7 heteroatoms. The molecule has 2 heterocycles. The molecule has 1 aliphatic carbocycles. The van der Waals surface area contributed by atoms with Gasteiger partial charge < -0.3 is 10.2 Å². The van der Waals surface area contributed by atoms with Crippen molar-refractivity contribution < 1.29 is 14.0 Å². The van der Waals surface area contributed by atoms with E-state index in [4.69, 9.17) is 0 Å². The molecule has 34 heavy (non-hydrogen) atoms. The Balaban J connectivity index is 1.09. The van der Waals surface area contributed by atoms with Crippen LogP contribution in [-0.4, -0.2) is 66.5 Å². The summed E-state index contributed by atoms with van der Waals surface area (Å²) >= 11 is 0. The number of halogens is 1. The summed E-state index contributed by atoms with van der Waals surface area (Å²) in [6.45, 7) is 4.51. The highest BCUT2D eigenvalue weighted by atomic mass is 19.1. The zero-order chi connectivity index (χ0) is 23.5. The van der Waals surface area contributed by atoms with E-state index < -0.39 is 5.54 Å². The van der Waals surface area contributed by atoms with Gasteiger partial charge in [0.05, 0.1) is 5.69 Å². The average Bonchev–Trinajstić information content (AvgIpc) is 3.10. The molecule has 6 nitrogen and oxygen atoms in total. The van der Waals surface area contributed by atoms with Gasteiger partial charge in [0, 0.05) is 32.7 Å². The van der Waals surface area contributed by atoms with Gasteiger partial charge in [0.1, 0.15) is 11.4 Å². The molecule has 2 saturated heterocycles. The molecule has 2 aromatic carbocycles. The number of rotatable bonds is 6. The predicted octanol–water partition coefficient (Wildman–Crippen LogP) is 3.99. The van der Waals surface area contributed by atoms with Crippen LogP contribution in [0, 0.1) is 5.82 Å². The van der Waals surface area contributed by atoms with Gasteiger partial charge in [0.25, 0.3) is 5.91 Å². The number of benzene rings is 2. The Labute approximate surface area is 200 Å². The first-order chi connectivity index (χ1) is 16.6. The van der Waals surface area contributed by atoms with Crippen molar-refractivity contribution >= 4 is 17.6 Å². The Morgan fingerprint density at radius 3 is 2.26 bits per heavy atom. The van der Waals surface area contributed by atoms with Gasteiger partial charge in [0.15, 0.2) is 0 Å². The number of hydrogen-bond acceptors (Lipinski definition) is 4. The maximum absolute atomic E-state index is 14.0. The second kappa shape index (κ2) is 9.74. The standard InChI is InChI=1S/C27H33FN4O2/c28-23-9-4-5-10-24(23)31-19-17-30(18-20-31)15-6-16-32-25(33)27(29-26(32)34)13-11-22(12-14-27)21-7-2-1-3-8-21/h1-5,7-10,22H,6,11-20H2,(H,29,34). The molecule has 3 aliphatic rings. The third kappa shape index (κ3) is 4.53. The SMILES string of the molecule is O=C1NC2(CCC(c3ccccc3)CC2)C(=O)N1CCCN1CCN(c2ccccc2F)CC1. The lowest BCUT2D eigenvalue weighted by Crippen LogP contribution is -2.49. The van der Waals surface area contributed by atoms with Crippen LogP contribution in [0.15, 0.2) is 54.6 Å². The van der Waals surface area contributed by atoms with Crippen LogP contribution < -0.4 is 10.2 Å². The molecule has 1 spiro atoms. The molecule has 2 aromatic rings. The number of para-hydroxylation sites is 1. The van der Waals surface area contributed by atoms with E-state index in [1.54, 1.807) is 6.07 Å². The minimum Gasteiger partial charge on any atom is -0.367 e. The number of nitrogens with zero attached hydrogens (tertiary/aromatic N) is 3. The van der Waals surface area contributed by atoms with Crippen LogP contribution in [0.1, 0.15) is 43.6 Å². The normalized spacial score (nSPS) is 25.7. The summed E-state index contributed by atoms with van der Waals surface area (Å²) in [4.78, 5) is 31.7. The Bertz CT molecular complexity index is 1010. The summed E-state index contributed by atoms with van der Waals surface area (Å²) in [7, 11) is 0. The predicted molar refractivity (Wildman–Crippen MR) is 130 cm³/mol. The average molecular weight is 465 g/mol. The van der Waals surface area contributed by atoms with E-state index in [0.29, 0.717) is 31.0 Å². The first kappa shape index (κ1) is 22.8. The lowest BCUT2D eigenvalue weighted by Gasteiger charge is -2.36. The first-order valence-electron chi connectivity index (χ1n) is 12.5. The fourth-order valence-corrected chi connectivity index (χ4v) is 5.76. The summed E-state index contributed by atoms with van der Waals surface area (Å²) in [5.41, 5.74) is 1.27. The molecule has 2 aliphatic heterocycles. The number of nitrogens with one attached hydrogen (secondary N) is 1. The van der Waals surface area contributed by atoms with Crippen molar-refractivity contribution in [2.45, 2.75) is 43.6 Å². The van der Waals surface area contributed by atoms with Gasteiger partial charge in [-0.1, -0.05) is 42.5 Å². The highest BCUT2D eigenvalue weighted by molar-refractivity contribution is 6.07. The second-order valence-electron chi connectivity index (χ2n) is 9.79. The van der Waals surface area contributed by atoms with Gasteiger partial charge in [-0.3, -0.25) is 14.6 Å². The Morgan fingerprint density at radius 1 is 0.882 bits per heavy atom. The van der Waals surface area contributed by atoms with Crippen LogP contribution in [0.3, 0.4) is 0 Å². The molecule has 5 rings (SSSR count).